The van der Waals surface area contributed by atoms with Gasteiger partial charge in [0.15, 0.2) is 0 Å². The Balaban J connectivity index is 1.98. The van der Waals surface area contributed by atoms with Crippen LogP contribution >= 0.6 is 0 Å². The average Bonchev–Trinajstić information content (AvgIpc) is 2.89. The number of hydrogen-bond donors (Lipinski definition) is 2. The topological polar surface area (TPSA) is 67.8 Å². The Morgan fingerprint density at radius 3 is 2.75 bits per heavy atom. The van der Waals surface area contributed by atoms with Crippen LogP contribution in [-0.4, -0.2) is 37.9 Å². The number of amides is 1. The standard InChI is InChI=1S/C15H21NO4/c1-19-12-5-6-13(14(8-12)20-2)15(18)16-9-10-3-4-11(17)7-10/h5-6,8,10-11,17H,3-4,7,9H2,1-2H3,(H,16,18). The SMILES string of the molecule is COc1ccc(C(=O)NCC2CCC(O)C2)c(OC)c1. The fraction of sp³-hybridized carbons (Fsp3) is 0.533. The molecule has 1 aliphatic rings. The first-order valence-corrected chi connectivity index (χ1v) is 6.82. The molecule has 0 aliphatic heterocycles. The molecular weight excluding hydrogens is 258 g/mol. The monoisotopic (exact) mass is 279 g/mol. The normalized spacial score (nSPS) is 21.6. The summed E-state index contributed by atoms with van der Waals surface area (Å²) in [7, 11) is 3.10. The maximum Gasteiger partial charge on any atom is 0.255 e. The van der Waals surface area contributed by atoms with Crippen LogP contribution in [0.2, 0.25) is 0 Å². The maximum absolute atomic E-state index is 12.2. The molecule has 2 N–H and O–H groups in total. The summed E-state index contributed by atoms with van der Waals surface area (Å²) in [6, 6.07) is 5.11. The predicted molar refractivity (Wildman–Crippen MR) is 75.2 cm³/mol. The molecule has 2 unspecified atom stereocenters. The second-order valence-corrected chi connectivity index (χ2v) is 5.11. The van der Waals surface area contributed by atoms with Gasteiger partial charge in [0.05, 0.1) is 25.9 Å². The van der Waals surface area contributed by atoms with E-state index in [1.54, 1.807) is 25.3 Å². The summed E-state index contributed by atoms with van der Waals surface area (Å²) in [4.78, 5) is 12.2. The highest BCUT2D eigenvalue weighted by atomic mass is 16.5. The van der Waals surface area contributed by atoms with Gasteiger partial charge in [0.25, 0.3) is 5.91 Å². The Labute approximate surface area is 118 Å². The highest BCUT2D eigenvalue weighted by Crippen LogP contribution is 2.26. The minimum Gasteiger partial charge on any atom is -0.497 e. The fourth-order valence-corrected chi connectivity index (χ4v) is 2.55. The number of rotatable bonds is 5. The second kappa shape index (κ2) is 6.61. The molecule has 1 aliphatic carbocycles. The summed E-state index contributed by atoms with van der Waals surface area (Å²) in [6.45, 7) is 0.588. The lowest BCUT2D eigenvalue weighted by Gasteiger charge is -2.13. The first-order chi connectivity index (χ1) is 9.63. The largest absolute Gasteiger partial charge is 0.497 e. The fourth-order valence-electron chi connectivity index (χ4n) is 2.55. The van der Waals surface area contributed by atoms with Crippen LogP contribution < -0.4 is 14.8 Å². The van der Waals surface area contributed by atoms with Crippen molar-refractivity contribution >= 4 is 5.91 Å². The number of ether oxygens (including phenoxy) is 2. The molecule has 0 heterocycles. The van der Waals surface area contributed by atoms with E-state index in [1.807, 2.05) is 0 Å². The van der Waals surface area contributed by atoms with E-state index in [2.05, 4.69) is 5.32 Å². The van der Waals surface area contributed by atoms with Crippen molar-refractivity contribution in [1.82, 2.24) is 5.32 Å². The Morgan fingerprint density at radius 2 is 2.15 bits per heavy atom. The van der Waals surface area contributed by atoms with Gasteiger partial charge in [-0.05, 0) is 37.3 Å². The van der Waals surface area contributed by atoms with Crippen LogP contribution in [0.15, 0.2) is 18.2 Å². The molecular formula is C15H21NO4. The van der Waals surface area contributed by atoms with E-state index in [1.165, 1.54) is 7.11 Å². The lowest BCUT2D eigenvalue weighted by molar-refractivity contribution is 0.0942. The zero-order chi connectivity index (χ0) is 14.5. The van der Waals surface area contributed by atoms with Crippen molar-refractivity contribution in [2.45, 2.75) is 25.4 Å². The molecule has 2 rings (SSSR count). The Hall–Kier alpha value is -1.75. The van der Waals surface area contributed by atoms with E-state index in [4.69, 9.17) is 9.47 Å². The molecule has 0 saturated heterocycles. The molecule has 5 nitrogen and oxygen atoms in total. The van der Waals surface area contributed by atoms with Gasteiger partial charge in [-0.3, -0.25) is 4.79 Å². The molecule has 110 valence electrons. The molecule has 5 heteroatoms. The van der Waals surface area contributed by atoms with Crippen LogP contribution in [0.1, 0.15) is 29.6 Å². The molecule has 1 aromatic rings. The smallest absolute Gasteiger partial charge is 0.255 e. The van der Waals surface area contributed by atoms with E-state index in [9.17, 15) is 9.90 Å². The van der Waals surface area contributed by atoms with Crippen LogP contribution in [0, 0.1) is 5.92 Å². The van der Waals surface area contributed by atoms with E-state index >= 15 is 0 Å². The van der Waals surface area contributed by atoms with Crippen molar-refractivity contribution in [3.05, 3.63) is 23.8 Å². The Morgan fingerprint density at radius 1 is 1.35 bits per heavy atom. The van der Waals surface area contributed by atoms with Crippen LogP contribution in [0.25, 0.3) is 0 Å². The summed E-state index contributed by atoms with van der Waals surface area (Å²) in [5.74, 6) is 1.34. The van der Waals surface area contributed by atoms with E-state index in [-0.39, 0.29) is 12.0 Å². The van der Waals surface area contributed by atoms with Crippen LogP contribution in [0.4, 0.5) is 0 Å². The van der Waals surface area contributed by atoms with Crippen molar-refractivity contribution in [2.24, 2.45) is 5.92 Å². The summed E-state index contributed by atoms with van der Waals surface area (Å²) >= 11 is 0. The zero-order valence-corrected chi connectivity index (χ0v) is 11.9. The molecule has 1 saturated carbocycles. The van der Waals surface area contributed by atoms with Crippen molar-refractivity contribution in [2.75, 3.05) is 20.8 Å². The maximum atomic E-state index is 12.2. The number of aliphatic hydroxyl groups excluding tert-OH is 1. The van der Waals surface area contributed by atoms with Crippen LogP contribution in [-0.2, 0) is 0 Å². The molecule has 0 bridgehead atoms. The van der Waals surface area contributed by atoms with E-state index < -0.39 is 0 Å². The number of hydrogen-bond acceptors (Lipinski definition) is 4. The zero-order valence-electron chi connectivity index (χ0n) is 11.9. The summed E-state index contributed by atoms with van der Waals surface area (Å²) in [6.07, 6.45) is 2.33. The minimum atomic E-state index is -0.215. The van der Waals surface area contributed by atoms with Gasteiger partial charge >= 0.3 is 0 Å². The molecule has 20 heavy (non-hydrogen) atoms. The molecule has 0 aromatic heterocycles. The van der Waals surface area contributed by atoms with Crippen molar-refractivity contribution in [1.29, 1.82) is 0 Å². The van der Waals surface area contributed by atoms with Gasteiger partial charge in [-0.15, -0.1) is 0 Å². The summed E-state index contributed by atoms with van der Waals surface area (Å²) in [5, 5.41) is 12.4. The van der Waals surface area contributed by atoms with Gasteiger partial charge in [0, 0.05) is 12.6 Å². The first kappa shape index (κ1) is 14.7. The third kappa shape index (κ3) is 3.42. The van der Waals surface area contributed by atoms with Crippen molar-refractivity contribution in [3.8, 4) is 11.5 Å². The molecule has 0 radical (unpaired) electrons. The number of aliphatic hydroxyl groups is 1. The summed E-state index contributed by atoms with van der Waals surface area (Å²) < 4.78 is 10.3. The number of nitrogens with one attached hydrogen (secondary N) is 1. The number of carbonyl (C=O) groups excluding carboxylic acids is 1. The van der Waals surface area contributed by atoms with Gasteiger partial charge < -0.3 is 19.9 Å². The molecule has 1 fully saturated rings. The number of carbonyl (C=O) groups is 1. The van der Waals surface area contributed by atoms with Gasteiger partial charge in [-0.2, -0.15) is 0 Å². The summed E-state index contributed by atoms with van der Waals surface area (Å²) in [5.41, 5.74) is 0.492. The Bertz CT molecular complexity index is 475. The Kier molecular flexibility index (Phi) is 4.84. The lowest BCUT2D eigenvalue weighted by atomic mass is 10.1. The highest BCUT2D eigenvalue weighted by molar-refractivity contribution is 5.97. The lowest BCUT2D eigenvalue weighted by Crippen LogP contribution is -2.29. The van der Waals surface area contributed by atoms with Crippen molar-refractivity contribution in [3.63, 3.8) is 0 Å². The second-order valence-electron chi connectivity index (χ2n) is 5.11. The van der Waals surface area contributed by atoms with Gasteiger partial charge in [-0.1, -0.05) is 0 Å². The highest BCUT2D eigenvalue weighted by Gasteiger charge is 2.23. The first-order valence-electron chi connectivity index (χ1n) is 6.82. The minimum absolute atomic E-state index is 0.161. The van der Waals surface area contributed by atoms with Crippen LogP contribution in [0.3, 0.4) is 0 Å². The molecule has 2 atom stereocenters. The quantitative estimate of drug-likeness (QED) is 0.859. The van der Waals surface area contributed by atoms with Gasteiger partial charge in [0.1, 0.15) is 11.5 Å². The molecule has 0 spiro atoms. The average molecular weight is 279 g/mol. The number of benzene rings is 1. The van der Waals surface area contributed by atoms with E-state index in [0.29, 0.717) is 29.5 Å². The van der Waals surface area contributed by atoms with E-state index in [0.717, 1.165) is 19.3 Å². The van der Waals surface area contributed by atoms with Gasteiger partial charge in [0.2, 0.25) is 0 Å². The third-order valence-corrected chi connectivity index (χ3v) is 3.72. The third-order valence-electron chi connectivity index (χ3n) is 3.72. The van der Waals surface area contributed by atoms with Gasteiger partial charge in [-0.25, -0.2) is 0 Å². The molecule has 1 amide bonds. The number of methoxy groups -OCH3 is 2. The molecule has 1 aromatic carbocycles. The van der Waals surface area contributed by atoms with Crippen molar-refractivity contribution < 1.29 is 19.4 Å². The van der Waals surface area contributed by atoms with Crippen LogP contribution in [0.5, 0.6) is 11.5 Å². The predicted octanol–water partition coefficient (Wildman–Crippen LogP) is 1.59.